The van der Waals surface area contributed by atoms with E-state index < -0.39 is 11.7 Å². The lowest BCUT2D eigenvalue weighted by Gasteiger charge is -2.22. The Morgan fingerprint density at radius 3 is 2.70 bits per heavy atom. The fourth-order valence-corrected chi connectivity index (χ4v) is 3.39. The summed E-state index contributed by atoms with van der Waals surface area (Å²) in [5.41, 5.74) is 1.89. The van der Waals surface area contributed by atoms with E-state index in [0.29, 0.717) is 36.0 Å². The second kappa shape index (κ2) is 8.26. The van der Waals surface area contributed by atoms with Crippen LogP contribution in [0, 0.1) is 0 Å². The molecule has 0 radical (unpaired) electrons. The van der Waals surface area contributed by atoms with E-state index in [2.05, 4.69) is 12.0 Å². The van der Waals surface area contributed by atoms with Crippen LogP contribution >= 0.6 is 0 Å². The normalized spacial score (nSPS) is 13.4. The average molecular weight is 414 g/mol. The lowest BCUT2D eigenvalue weighted by molar-refractivity contribution is -0.137. The lowest BCUT2D eigenvalue weighted by atomic mass is 9.93. The van der Waals surface area contributed by atoms with E-state index in [4.69, 9.17) is 9.47 Å². The van der Waals surface area contributed by atoms with Crippen molar-refractivity contribution in [3.05, 3.63) is 77.6 Å². The van der Waals surface area contributed by atoms with Crippen LogP contribution in [0.4, 0.5) is 13.2 Å². The number of unbranched alkanes of at least 4 members (excludes halogenated alkanes) is 1. The van der Waals surface area contributed by atoms with Gasteiger partial charge in [0, 0.05) is 29.6 Å². The lowest BCUT2D eigenvalue weighted by Crippen LogP contribution is -2.11. The van der Waals surface area contributed by atoms with Crippen molar-refractivity contribution in [1.82, 2.24) is 9.78 Å². The molecule has 0 saturated carbocycles. The first kappa shape index (κ1) is 20.1. The van der Waals surface area contributed by atoms with E-state index in [1.807, 2.05) is 24.3 Å². The quantitative estimate of drug-likeness (QED) is 0.472. The van der Waals surface area contributed by atoms with Crippen LogP contribution in [0.2, 0.25) is 0 Å². The molecule has 2 aromatic carbocycles. The number of hydrogen-bond donors (Lipinski definition) is 0. The molecule has 7 heteroatoms. The summed E-state index contributed by atoms with van der Waals surface area (Å²) in [7, 11) is 0. The predicted molar refractivity (Wildman–Crippen MR) is 108 cm³/mol. The maximum atomic E-state index is 13.3. The topological polar surface area (TPSA) is 36.3 Å². The average Bonchev–Trinajstić information content (AvgIpc) is 3.27. The minimum Gasteiger partial charge on any atom is -0.493 e. The SMILES string of the molecule is CCCCOc1ccc2c(c1)OCC=C2c1ccc(C(F)(F)F)cc1-n1cccn1. The van der Waals surface area contributed by atoms with E-state index >= 15 is 0 Å². The van der Waals surface area contributed by atoms with Gasteiger partial charge in [0.15, 0.2) is 0 Å². The Bertz CT molecular complexity index is 1060. The molecule has 0 unspecified atom stereocenters. The molecular weight excluding hydrogens is 393 g/mol. The van der Waals surface area contributed by atoms with Crippen LogP contribution in [0.25, 0.3) is 11.3 Å². The van der Waals surface area contributed by atoms with E-state index in [1.54, 1.807) is 12.3 Å². The molecule has 156 valence electrons. The zero-order valence-corrected chi connectivity index (χ0v) is 16.4. The van der Waals surface area contributed by atoms with Gasteiger partial charge in [-0.1, -0.05) is 19.4 Å². The number of fused-ring (bicyclic) bond motifs is 1. The van der Waals surface area contributed by atoms with Gasteiger partial charge in [0.25, 0.3) is 0 Å². The molecule has 0 fully saturated rings. The molecule has 0 spiro atoms. The Kier molecular flexibility index (Phi) is 5.53. The first-order chi connectivity index (χ1) is 14.5. The second-order valence-electron chi connectivity index (χ2n) is 6.97. The first-order valence-corrected chi connectivity index (χ1v) is 9.79. The van der Waals surface area contributed by atoms with Gasteiger partial charge in [-0.25, -0.2) is 4.68 Å². The van der Waals surface area contributed by atoms with Crippen molar-refractivity contribution in [1.29, 1.82) is 0 Å². The molecule has 0 bridgehead atoms. The summed E-state index contributed by atoms with van der Waals surface area (Å²) in [6.07, 6.45) is 2.60. The number of halogens is 3. The largest absolute Gasteiger partial charge is 0.493 e. The Balaban J connectivity index is 1.75. The molecular formula is C23H21F3N2O2. The maximum Gasteiger partial charge on any atom is 0.416 e. The van der Waals surface area contributed by atoms with E-state index in [0.717, 1.165) is 36.1 Å². The molecule has 1 aliphatic heterocycles. The highest BCUT2D eigenvalue weighted by Crippen LogP contribution is 2.40. The Hall–Kier alpha value is -3.22. The minimum atomic E-state index is -4.44. The molecule has 0 aliphatic carbocycles. The number of rotatable bonds is 6. The molecule has 30 heavy (non-hydrogen) atoms. The van der Waals surface area contributed by atoms with Crippen LogP contribution in [0.15, 0.2) is 60.9 Å². The van der Waals surface area contributed by atoms with Crippen molar-refractivity contribution < 1.29 is 22.6 Å². The molecule has 4 nitrogen and oxygen atoms in total. The van der Waals surface area contributed by atoms with Crippen molar-refractivity contribution >= 4 is 5.57 Å². The molecule has 2 heterocycles. The monoisotopic (exact) mass is 414 g/mol. The summed E-state index contributed by atoms with van der Waals surface area (Å²) in [5, 5.41) is 4.15. The summed E-state index contributed by atoms with van der Waals surface area (Å²) >= 11 is 0. The summed E-state index contributed by atoms with van der Waals surface area (Å²) in [4.78, 5) is 0. The van der Waals surface area contributed by atoms with Crippen molar-refractivity contribution in [2.24, 2.45) is 0 Å². The Morgan fingerprint density at radius 1 is 1.13 bits per heavy atom. The molecule has 0 saturated heterocycles. The third kappa shape index (κ3) is 4.06. The van der Waals surface area contributed by atoms with Crippen LogP contribution in [0.3, 0.4) is 0 Å². The maximum absolute atomic E-state index is 13.3. The van der Waals surface area contributed by atoms with Gasteiger partial charge < -0.3 is 9.47 Å². The fraction of sp³-hybridized carbons (Fsp3) is 0.261. The van der Waals surface area contributed by atoms with Crippen LogP contribution in [-0.4, -0.2) is 23.0 Å². The highest BCUT2D eigenvalue weighted by molar-refractivity contribution is 5.87. The second-order valence-corrected chi connectivity index (χ2v) is 6.97. The van der Waals surface area contributed by atoms with E-state index in [-0.39, 0.29) is 0 Å². The summed E-state index contributed by atoms with van der Waals surface area (Å²) in [6, 6.07) is 11.0. The van der Waals surface area contributed by atoms with Gasteiger partial charge in [-0.3, -0.25) is 0 Å². The van der Waals surface area contributed by atoms with Crippen molar-refractivity contribution in [2.75, 3.05) is 13.2 Å². The zero-order valence-electron chi connectivity index (χ0n) is 16.4. The van der Waals surface area contributed by atoms with Gasteiger partial charge >= 0.3 is 6.18 Å². The molecule has 0 amide bonds. The minimum absolute atomic E-state index is 0.320. The van der Waals surface area contributed by atoms with Crippen molar-refractivity contribution in [2.45, 2.75) is 25.9 Å². The molecule has 0 N–H and O–H groups in total. The molecule has 1 aliphatic rings. The third-order valence-corrected chi connectivity index (χ3v) is 4.90. The smallest absolute Gasteiger partial charge is 0.416 e. The summed E-state index contributed by atoms with van der Waals surface area (Å²) < 4.78 is 52.9. The summed E-state index contributed by atoms with van der Waals surface area (Å²) in [5.74, 6) is 1.36. The highest BCUT2D eigenvalue weighted by Gasteiger charge is 2.32. The predicted octanol–water partition coefficient (Wildman–Crippen LogP) is 5.89. The summed E-state index contributed by atoms with van der Waals surface area (Å²) in [6.45, 7) is 3.04. The number of nitrogens with zero attached hydrogens (tertiary/aromatic N) is 2. The van der Waals surface area contributed by atoms with Gasteiger partial charge in [-0.05, 0) is 48.4 Å². The van der Waals surface area contributed by atoms with Crippen molar-refractivity contribution in [3.63, 3.8) is 0 Å². The van der Waals surface area contributed by atoms with Gasteiger partial charge in [0.05, 0.1) is 17.9 Å². The van der Waals surface area contributed by atoms with Gasteiger partial charge in [-0.2, -0.15) is 18.3 Å². The molecule has 4 rings (SSSR count). The number of aromatic nitrogens is 2. The number of ether oxygens (including phenoxy) is 2. The van der Waals surface area contributed by atoms with Crippen LogP contribution in [-0.2, 0) is 6.18 Å². The van der Waals surface area contributed by atoms with E-state index in [9.17, 15) is 13.2 Å². The molecule has 0 atom stereocenters. The van der Waals surface area contributed by atoms with Crippen LogP contribution in [0.1, 0.15) is 36.5 Å². The molecule has 3 aromatic rings. The zero-order chi connectivity index (χ0) is 21.1. The number of hydrogen-bond acceptors (Lipinski definition) is 3. The van der Waals surface area contributed by atoms with Gasteiger partial charge in [0.2, 0.25) is 0 Å². The fourth-order valence-electron chi connectivity index (χ4n) is 3.39. The number of alkyl halides is 3. The standard InChI is InChI=1S/C23H21F3N2O2/c1-2-3-12-29-17-6-8-20-18(9-13-30-22(20)15-17)19-7-5-16(23(24,25)26)14-21(19)28-11-4-10-27-28/h4-11,14-15H,2-3,12-13H2,1H3. The van der Waals surface area contributed by atoms with Gasteiger partial charge in [-0.15, -0.1) is 0 Å². The van der Waals surface area contributed by atoms with Crippen molar-refractivity contribution in [3.8, 4) is 17.2 Å². The number of benzene rings is 2. The van der Waals surface area contributed by atoms with Gasteiger partial charge in [0.1, 0.15) is 18.1 Å². The van der Waals surface area contributed by atoms with Crippen LogP contribution < -0.4 is 9.47 Å². The first-order valence-electron chi connectivity index (χ1n) is 9.79. The Labute approximate surface area is 172 Å². The molecule has 1 aromatic heterocycles. The third-order valence-electron chi connectivity index (χ3n) is 4.90. The highest BCUT2D eigenvalue weighted by atomic mass is 19.4. The van der Waals surface area contributed by atoms with E-state index in [1.165, 1.54) is 16.9 Å². The van der Waals surface area contributed by atoms with Crippen LogP contribution in [0.5, 0.6) is 11.5 Å². The Morgan fingerprint density at radius 2 is 1.97 bits per heavy atom.